The molecule has 0 atom stereocenters. The summed E-state index contributed by atoms with van der Waals surface area (Å²) in [7, 11) is 0. The largest absolute Gasteiger partial charge is 0.459 e. The number of carbonyl (C=O) groups excluding carboxylic acids is 1. The van der Waals surface area contributed by atoms with Gasteiger partial charge in [0.05, 0.1) is 5.56 Å². The van der Waals surface area contributed by atoms with E-state index >= 15 is 0 Å². The van der Waals surface area contributed by atoms with Crippen molar-refractivity contribution in [2.24, 2.45) is 0 Å². The van der Waals surface area contributed by atoms with Crippen LogP contribution in [-0.2, 0) is 22.7 Å². The van der Waals surface area contributed by atoms with E-state index in [0.717, 1.165) is 15.7 Å². The van der Waals surface area contributed by atoms with Crippen LogP contribution in [0, 0.1) is 11.8 Å². The topological polar surface area (TPSA) is 87.2 Å². The van der Waals surface area contributed by atoms with Gasteiger partial charge in [-0.2, -0.15) is 4.98 Å². The summed E-state index contributed by atoms with van der Waals surface area (Å²) in [5, 5.41) is 0. The number of aromatic nitrogens is 2. The van der Waals surface area contributed by atoms with Gasteiger partial charge in [-0.1, -0.05) is 60.4 Å². The van der Waals surface area contributed by atoms with Crippen LogP contribution in [0.3, 0.4) is 0 Å². The quantitative estimate of drug-likeness (QED) is 0.568. The lowest BCUT2D eigenvalue weighted by molar-refractivity contribution is -0.145. The molecule has 0 aliphatic carbocycles. The molecule has 0 spiro atoms. The average Bonchev–Trinajstić information content (AvgIpc) is 2.69. The fourth-order valence-electron chi connectivity index (χ4n) is 2.30. The summed E-state index contributed by atoms with van der Waals surface area (Å²) in [6, 6.07) is 18.6. The Morgan fingerprint density at radius 3 is 2.41 bits per heavy atom. The zero-order chi connectivity index (χ0) is 19.1. The number of carbonyl (C=O) groups is 1. The maximum atomic E-state index is 12.0. The first kappa shape index (κ1) is 18.0. The lowest BCUT2D eigenvalue weighted by Gasteiger charge is -2.08. The summed E-state index contributed by atoms with van der Waals surface area (Å²) in [4.78, 5) is 27.8. The highest BCUT2D eigenvalue weighted by atomic mass is 16.5. The van der Waals surface area contributed by atoms with Crippen molar-refractivity contribution in [2.45, 2.75) is 13.2 Å². The van der Waals surface area contributed by atoms with Gasteiger partial charge in [-0.25, -0.2) is 4.79 Å². The molecule has 0 saturated carbocycles. The molecule has 3 aromatic rings. The number of hydrogen-bond acceptors (Lipinski definition) is 5. The molecule has 134 valence electrons. The second kappa shape index (κ2) is 8.50. The van der Waals surface area contributed by atoms with Crippen LogP contribution in [0.1, 0.15) is 16.7 Å². The summed E-state index contributed by atoms with van der Waals surface area (Å²) in [6.07, 6.45) is 1.42. The molecule has 0 aliphatic rings. The average molecular weight is 359 g/mol. The lowest BCUT2D eigenvalue weighted by atomic mass is 10.2. The Morgan fingerprint density at radius 1 is 1.04 bits per heavy atom. The minimum absolute atomic E-state index is 0.0253. The summed E-state index contributed by atoms with van der Waals surface area (Å²) in [5.41, 5.74) is 7.18. The van der Waals surface area contributed by atoms with E-state index < -0.39 is 11.7 Å². The number of nitrogens with zero attached hydrogens (tertiary/aromatic N) is 2. The smallest absolute Gasteiger partial charge is 0.350 e. The number of nitrogen functional groups attached to an aromatic ring is 1. The molecule has 0 radical (unpaired) electrons. The molecule has 6 heteroatoms. The van der Waals surface area contributed by atoms with Crippen molar-refractivity contribution >= 4 is 11.8 Å². The van der Waals surface area contributed by atoms with Gasteiger partial charge in [0.2, 0.25) is 0 Å². The first-order valence-corrected chi connectivity index (χ1v) is 8.25. The lowest BCUT2D eigenvalue weighted by Crippen LogP contribution is -2.28. The Balaban J connectivity index is 1.73. The maximum absolute atomic E-state index is 12.0. The number of nitrogens with two attached hydrogens (primary N) is 1. The second-order valence-corrected chi connectivity index (χ2v) is 5.71. The minimum atomic E-state index is -0.630. The summed E-state index contributed by atoms with van der Waals surface area (Å²) >= 11 is 0. The van der Waals surface area contributed by atoms with Crippen molar-refractivity contribution in [1.82, 2.24) is 9.55 Å². The van der Waals surface area contributed by atoms with E-state index in [4.69, 9.17) is 10.5 Å². The van der Waals surface area contributed by atoms with Gasteiger partial charge in [0.1, 0.15) is 19.0 Å². The molecule has 6 nitrogen and oxygen atoms in total. The molecule has 1 aromatic heterocycles. The monoisotopic (exact) mass is 359 g/mol. The van der Waals surface area contributed by atoms with Gasteiger partial charge in [-0.15, -0.1) is 0 Å². The van der Waals surface area contributed by atoms with Crippen LogP contribution in [0.25, 0.3) is 0 Å². The van der Waals surface area contributed by atoms with Crippen molar-refractivity contribution in [3.63, 3.8) is 0 Å². The van der Waals surface area contributed by atoms with E-state index in [1.165, 1.54) is 6.20 Å². The van der Waals surface area contributed by atoms with Crippen LogP contribution in [0.4, 0.5) is 5.82 Å². The van der Waals surface area contributed by atoms with E-state index in [0.29, 0.717) is 5.56 Å². The van der Waals surface area contributed by atoms with Gasteiger partial charge in [0.15, 0.2) is 0 Å². The van der Waals surface area contributed by atoms with Crippen LogP contribution in [0.5, 0.6) is 0 Å². The molecule has 2 N–H and O–H groups in total. The molecule has 0 unspecified atom stereocenters. The molecule has 1 heterocycles. The maximum Gasteiger partial charge on any atom is 0.350 e. The van der Waals surface area contributed by atoms with Gasteiger partial charge in [-0.05, 0) is 17.7 Å². The predicted molar refractivity (Wildman–Crippen MR) is 102 cm³/mol. The third-order valence-electron chi connectivity index (χ3n) is 3.68. The zero-order valence-corrected chi connectivity index (χ0v) is 14.5. The highest BCUT2D eigenvalue weighted by molar-refractivity contribution is 5.69. The van der Waals surface area contributed by atoms with E-state index in [1.807, 2.05) is 60.7 Å². The summed E-state index contributed by atoms with van der Waals surface area (Å²) < 4.78 is 6.33. The highest BCUT2D eigenvalue weighted by Gasteiger charge is 2.10. The van der Waals surface area contributed by atoms with Gasteiger partial charge in [0, 0.05) is 11.8 Å². The SMILES string of the molecule is Nc1nc(=O)n(CC(=O)OCc2ccccc2)cc1C#Cc1ccccc1. The molecule has 0 saturated heterocycles. The van der Waals surface area contributed by atoms with Crippen LogP contribution < -0.4 is 11.4 Å². The third kappa shape index (κ3) is 5.06. The minimum Gasteiger partial charge on any atom is -0.459 e. The molecule has 0 aliphatic heterocycles. The predicted octanol–water partition coefficient (Wildman–Crippen LogP) is 1.97. The number of ether oxygens (including phenoxy) is 1. The molecule has 27 heavy (non-hydrogen) atoms. The van der Waals surface area contributed by atoms with Crippen molar-refractivity contribution in [1.29, 1.82) is 0 Å². The number of anilines is 1. The fraction of sp³-hybridized carbons (Fsp3) is 0.0952. The van der Waals surface area contributed by atoms with E-state index in [-0.39, 0.29) is 19.0 Å². The van der Waals surface area contributed by atoms with E-state index in [2.05, 4.69) is 16.8 Å². The summed E-state index contributed by atoms with van der Waals surface area (Å²) in [5.74, 6) is 5.30. The molecule has 3 rings (SSSR count). The van der Waals surface area contributed by atoms with Crippen molar-refractivity contribution < 1.29 is 9.53 Å². The van der Waals surface area contributed by atoms with Gasteiger partial charge in [0.25, 0.3) is 0 Å². The number of rotatable bonds is 4. The van der Waals surface area contributed by atoms with Crippen molar-refractivity contribution in [3.8, 4) is 11.8 Å². The van der Waals surface area contributed by atoms with Gasteiger partial charge in [-0.3, -0.25) is 9.36 Å². The molecule has 0 fully saturated rings. The normalized spacial score (nSPS) is 9.93. The highest BCUT2D eigenvalue weighted by Crippen LogP contribution is 2.05. The van der Waals surface area contributed by atoms with E-state index in [1.54, 1.807) is 0 Å². The zero-order valence-electron chi connectivity index (χ0n) is 14.5. The van der Waals surface area contributed by atoms with Crippen molar-refractivity contribution in [3.05, 3.63) is 94.0 Å². The van der Waals surface area contributed by atoms with Gasteiger partial charge >= 0.3 is 11.7 Å². The fourth-order valence-corrected chi connectivity index (χ4v) is 2.30. The van der Waals surface area contributed by atoms with Crippen LogP contribution in [0.15, 0.2) is 71.7 Å². The Kier molecular flexibility index (Phi) is 5.65. The Bertz CT molecular complexity index is 1050. The number of benzene rings is 2. The first-order valence-electron chi connectivity index (χ1n) is 8.25. The van der Waals surface area contributed by atoms with Gasteiger partial charge < -0.3 is 10.5 Å². The Labute approximate surface area is 156 Å². The molecule has 2 aromatic carbocycles. The van der Waals surface area contributed by atoms with Crippen LogP contribution in [0.2, 0.25) is 0 Å². The number of hydrogen-bond donors (Lipinski definition) is 1. The molecule has 0 amide bonds. The third-order valence-corrected chi connectivity index (χ3v) is 3.68. The Morgan fingerprint density at radius 2 is 1.70 bits per heavy atom. The molecule has 0 bridgehead atoms. The molecular formula is C21H17N3O3. The second-order valence-electron chi connectivity index (χ2n) is 5.71. The molecular weight excluding hydrogens is 342 g/mol. The van der Waals surface area contributed by atoms with E-state index in [9.17, 15) is 9.59 Å². The Hall–Kier alpha value is -3.85. The van der Waals surface area contributed by atoms with Crippen LogP contribution in [-0.4, -0.2) is 15.5 Å². The van der Waals surface area contributed by atoms with Crippen molar-refractivity contribution in [2.75, 3.05) is 5.73 Å². The number of esters is 1. The van der Waals surface area contributed by atoms with Crippen LogP contribution >= 0.6 is 0 Å². The first-order chi connectivity index (χ1) is 13.1. The summed E-state index contributed by atoms with van der Waals surface area (Å²) in [6.45, 7) is -0.129. The standard InChI is InChI=1S/C21H17N3O3/c22-20-18(12-11-16-7-3-1-4-8-16)13-24(21(26)23-20)14-19(25)27-15-17-9-5-2-6-10-17/h1-10,13H,14-15H2,(H2,22,23,26).